The first-order valence-electron chi connectivity index (χ1n) is 5.43. The van der Waals surface area contributed by atoms with Crippen molar-refractivity contribution < 1.29 is 5.11 Å². The SMILES string of the molecule is CC(C)(C)[C@@H](CO)/N=C/c1cc(Br)cc(Br)c1. The second-order valence-electron chi connectivity index (χ2n) is 5.05. The smallest absolute Gasteiger partial charge is 0.0778 e. The fourth-order valence-corrected chi connectivity index (χ4v) is 2.70. The van der Waals surface area contributed by atoms with E-state index in [0.717, 1.165) is 14.5 Å². The van der Waals surface area contributed by atoms with Crippen molar-refractivity contribution in [2.45, 2.75) is 26.8 Å². The van der Waals surface area contributed by atoms with Crippen LogP contribution in [0.25, 0.3) is 0 Å². The quantitative estimate of drug-likeness (QED) is 0.808. The van der Waals surface area contributed by atoms with Crippen LogP contribution in [0.4, 0.5) is 0 Å². The van der Waals surface area contributed by atoms with Crippen molar-refractivity contribution >= 4 is 38.1 Å². The van der Waals surface area contributed by atoms with E-state index in [9.17, 15) is 5.11 Å². The largest absolute Gasteiger partial charge is 0.394 e. The third-order valence-corrected chi connectivity index (χ3v) is 3.38. The second-order valence-corrected chi connectivity index (χ2v) is 6.88. The summed E-state index contributed by atoms with van der Waals surface area (Å²) in [4.78, 5) is 4.45. The summed E-state index contributed by atoms with van der Waals surface area (Å²) in [6, 6.07) is 5.88. The van der Waals surface area contributed by atoms with E-state index in [2.05, 4.69) is 57.6 Å². The van der Waals surface area contributed by atoms with E-state index in [0.29, 0.717) is 0 Å². The molecule has 94 valence electrons. The van der Waals surface area contributed by atoms with E-state index in [-0.39, 0.29) is 18.1 Å². The minimum absolute atomic E-state index is 0.0332. The average molecular weight is 363 g/mol. The van der Waals surface area contributed by atoms with E-state index in [1.807, 2.05) is 24.4 Å². The zero-order valence-corrected chi connectivity index (χ0v) is 13.4. The Kier molecular flexibility index (Phi) is 5.35. The van der Waals surface area contributed by atoms with Crippen molar-refractivity contribution in [2.24, 2.45) is 10.4 Å². The molecule has 2 nitrogen and oxygen atoms in total. The lowest BCUT2D eigenvalue weighted by molar-refractivity contribution is 0.191. The molecule has 0 saturated carbocycles. The topological polar surface area (TPSA) is 32.6 Å². The Balaban J connectivity index is 2.89. The standard InChI is InChI=1S/C13H17Br2NO/c1-13(2,3)12(8-17)16-7-9-4-10(14)6-11(15)5-9/h4-7,12,17H,8H2,1-3H3/b16-7+/t12-/m1/s1. The van der Waals surface area contributed by atoms with Crippen LogP contribution in [0.1, 0.15) is 26.3 Å². The van der Waals surface area contributed by atoms with Crippen LogP contribution in [0.15, 0.2) is 32.1 Å². The third-order valence-electron chi connectivity index (χ3n) is 2.46. The summed E-state index contributed by atoms with van der Waals surface area (Å²) in [6.07, 6.45) is 1.81. The number of halogens is 2. The molecule has 1 rings (SSSR count). The molecule has 1 aromatic rings. The fourth-order valence-electron chi connectivity index (χ4n) is 1.37. The van der Waals surface area contributed by atoms with Gasteiger partial charge >= 0.3 is 0 Å². The molecule has 4 heteroatoms. The van der Waals surface area contributed by atoms with Gasteiger partial charge in [0, 0.05) is 15.2 Å². The monoisotopic (exact) mass is 361 g/mol. The Hall–Kier alpha value is -0.190. The summed E-state index contributed by atoms with van der Waals surface area (Å²) < 4.78 is 2.01. The van der Waals surface area contributed by atoms with E-state index in [1.54, 1.807) is 0 Å². The minimum Gasteiger partial charge on any atom is -0.394 e. The van der Waals surface area contributed by atoms with Gasteiger partial charge in [-0.2, -0.15) is 0 Å². The van der Waals surface area contributed by atoms with Crippen LogP contribution in [0.2, 0.25) is 0 Å². The first-order chi connectivity index (χ1) is 7.82. The van der Waals surface area contributed by atoms with Crippen LogP contribution < -0.4 is 0 Å². The molecule has 1 atom stereocenters. The van der Waals surface area contributed by atoms with Crippen molar-refractivity contribution in [1.82, 2.24) is 0 Å². The number of aliphatic imine (C=N–C) groups is 1. The van der Waals surface area contributed by atoms with Crippen LogP contribution in [-0.2, 0) is 0 Å². The van der Waals surface area contributed by atoms with Gasteiger partial charge in [-0.15, -0.1) is 0 Å². The lowest BCUT2D eigenvalue weighted by atomic mass is 9.88. The summed E-state index contributed by atoms with van der Waals surface area (Å²) in [5.74, 6) is 0. The highest BCUT2D eigenvalue weighted by atomic mass is 79.9. The van der Waals surface area contributed by atoms with Gasteiger partial charge < -0.3 is 5.11 Å². The number of aliphatic hydroxyl groups excluding tert-OH is 1. The van der Waals surface area contributed by atoms with Crippen LogP contribution in [-0.4, -0.2) is 24.0 Å². The maximum Gasteiger partial charge on any atom is 0.0778 e. The number of hydrogen-bond acceptors (Lipinski definition) is 2. The summed E-state index contributed by atoms with van der Waals surface area (Å²) in [6.45, 7) is 6.28. The lowest BCUT2D eigenvalue weighted by Crippen LogP contribution is -2.28. The summed E-state index contributed by atoms with van der Waals surface area (Å²) in [7, 11) is 0. The second kappa shape index (κ2) is 6.12. The van der Waals surface area contributed by atoms with Gasteiger partial charge in [0.1, 0.15) is 0 Å². The van der Waals surface area contributed by atoms with Crippen molar-refractivity contribution in [1.29, 1.82) is 0 Å². The van der Waals surface area contributed by atoms with Crippen LogP contribution in [0, 0.1) is 5.41 Å². The Morgan fingerprint density at radius 2 is 1.76 bits per heavy atom. The van der Waals surface area contributed by atoms with E-state index in [4.69, 9.17) is 0 Å². The molecule has 0 spiro atoms. The highest BCUT2D eigenvalue weighted by Crippen LogP contribution is 2.23. The molecule has 0 aromatic heterocycles. The molecule has 0 bridgehead atoms. The number of nitrogens with zero attached hydrogens (tertiary/aromatic N) is 1. The Labute approximate surface area is 119 Å². The normalized spacial score (nSPS) is 14.2. The Morgan fingerprint density at radius 3 is 2.18 bits per heavy atom. The zero-order chi connectivity index (χ0) is 13.1. The van der Waals surface area contributed by atoms with Crippen molar-refractivity contribution in [3.63, 3.8) is 0 Å². The molecule has 0 unspecified atom stereocenters. The predicted molar refractivity (Wildman–Crippen MR) is 79.8 cm³/mol. The molecule has 0 amide bonds. The van der Waals surface area contributed by atoms with Crippen LogP contribution >= 0.6 is 31.9 Å². The molecule has 17 heavy (non-hydrogen) atoms. The van der Waals surface area contributed by atoms with Crippen molar-refractivity contribution in [2.75, 3.05) is 6.61 Å². The van der Waals surface area contributed by atoms with Gasteiger partial charge in [-0.3, -0.25) is 4.99 Å². The molecule has 0 fully saturated rings. The number of aliphatic hydroxyl groups is 1. The Bertz CT molecular complexity index is 390. The molecular weight excluding hydrogens is 346 g/mol. The molecular formula is C13H17Br2NO. The van der Waals surface area contributed by atoms with Crippen molar-refractivity contribution in [3.05, 3.63) is 32.7 Å². The number of rotatable bonds is 3. The Morgan fingerprint density at radius 1 is 1.24 bits per heavy atom. The molecule has 1 N–H and O–H groups in total. The fraction of sp³-hybridized carbons (Fsp3) is 0.462. The van der Waals surface area contributed by atoms with Gasteiger partial charge in [0.2, 0.25) is 0 Å². The highest BCUT2D eigenvalue weighted by molar-refractivity contribution is 9.11. The van der Waals surface area contributed by atoms with Gasteiger partial charge in [0.05, 0.1) is 12.6 Å². The van der Waals surface area contributed by atoms with E-state index < -0.39 is 0 Å². The van der Waals surface area contributed by atoms with Gasteiger partial charge in [-0.1, -0.05) is 52.6 Å². The third kappa shape index (κ3) is 4.90. The molecule has 0 aliphatic rings. The van der Waals surface area contributed by atoms with Crippen LogP contribution in [0.3, 0.4) is 0 Å². The van der Waals surface area contributed by atoms with Gasteiger partial charge in [-0.25, -0.2) is 0 Å². The summed E-state index contributed by atoms with van der Waals surface area (Å²) in [5.41, 5.74) is 0.975. The molecule has 0 saturated heterocycles. The first kappa shape index (κ1) is 14.9. The van der Waals surface area contributed by atoms with Crippen molar-refractivity contribution in [3.8, 4) is 0 Å². The highest BCUT2D eigenvalue weighted by Gasteiger charge is 2.22. The van der Waals surface area contributed by atoms with Gasteiger partial charge in [-0.05, 0) is 29.2 Å². The summed E-state index contributed by atoms with van der Waals surface area (Å²) >= 11 is 6.87. The lowest BCUT2D eigenvalue weighted by Gasteiger charge is -2.25. The first-order valence-corrected chi connectivity index (χ1v) is 7.01. The number of hydrogen-bond donors (Lipinski definition) is 1. The van der Waals surface area contributed by atoms with E-state index in [1.165, 1.54) is 0 Å². The zero-order valence-electron chi connectivity index (χ0n) is 10.2. The predicted octanol–water partition coefficient (Wildman–Crippen LogP) is 4.04. The summed E-state index contributed by atoms with van der Waals surface area (Å²) in [5, 5.41) is 9.32. The number of benzene rings is 1. The molecule has 0 aliphatic heterocycles. The molecule has 0 aliphatic carbocycles. The molecule has 1 aromatic carbocycles. The average Bonchev–Trinajstić information content (AvgIpc) is 2.14. The molecule has 0 radical (unpaired) electrons. The van der Waals surface area contributed by atoms with E-state index >= 15 is 0 Å². The maximum absolute atomic E-state index is 9.32. The molecule has 0 heterocycles. The maximum atomic E-state index is 9.32. The van der Waals surface area contributed by atoms with Gasteiger partial charge in [0.15, 0.2) is 0 Å². The minimum atomic E-state index is -0.0831. The van der Waals surface area contributed by atoms with Crippen LogP contribution in [0.5, 0.6) is 0 Å². The van der Waals surface area contributed by atoms with Gasteiger partial charge in [0.25, 0.3) is 0 Å².